The number of nitrogens with one attached hydrogen (secondary N) is 1. The molecule has 0 atom stereocenters. The maximum Gasteiger partial charge on any atom is 0.260 e. The Hall–Kier alpha value is -1.79. The van der Waals surface area contributed by atoms with Gasteiger partial charge in [0.2, 0.25) is 0 Å². The molecule has 1 aromatic carbocycles. The van der Waals surface area contributed by atoms with Crippen molar-refractivity contribution in [2.75, 3.05) is 0 Å². The van der Waals surface area contributed by atoms with Gasteiger partial charge < -0.3 is 4.98 Å². The molecular formula is C13H7ClF2N2OS. The van der Waals surface area contributed by atoms with Crippen LogP contribution in [-0.2, 0) is 5.88 Å². The number of hydrogen-bond donors (Lipinski definition) is 1. The SMILES string of the molecule is O=c1[nH]c(CCl)nc2scc(-c3cc(F)cc(F)c3)c12. The Kier molecular flexibility index (Phi) is 3.27. The van der Waals surface area contributed by atoms with E-state index in [1.807, 2.05) is 0 Å². The lowest BCUT2D eigenvalue weighted by Crippen LogP contribution is -2.10. The Morgan fingerprint density at radius 2 is 1.95 bits per heavy atom. The largest absolute Gasteiger partial charge is 0.309 e. The monoisotopic (exact) mass is 312 g/mol. The second kappa shape index (κ2) is 4.96. The number of thiophene rings is 1. The second-order valence-electron chi connectivity index (χ2n) is 4.13. The van der Waals surface area contributed by atoms with Gasteiger partial charge in [-0.25, -0.2) is 13.8 Å². The topological polar surface area (TPSA) is 45.8 Å². The zero-order chi connectivity index (χ0) is 14.3. The number of benzene rings is 1. The average Bonchev–Trinajstić information content (AvgIpc) is 2.81. The van der Waals surface area contributed by atoms with Gasteiger partial charge in [0.25, 0.3) is 5.56 Å². The zero-order valence-corrected chi connectivity index (χ0v) is 11.5. The molecule has 0 aliphatic heterocycles. The third-order valence-corrected chi connectivity index (χ3v) is 3.92. The average molecular weight is 313 g/mol. The van der Waals surface area contributed by atoms with Gasteiger partial charge in [-0.1, -0.05) is 0 Å². The maximum atomic E-state index is 13.3. The van der Waals surface area contributed by atoms with E-state index in [1.165, 1.54) is 23.5 Å². The van der Waals surface area contributed by atoms with Gasteiger partial charge in [-0.05, 0) is 17.7 Å². The molecule has 0 saturated carbocycles. The van der Waals surface area contributed by atoms with Gasteiger partial charge in [-0.2, -0.15) is 0 Å². The number of halogens is 3. The van der Waals surface area contributed by atoms with Crippen LogP contribution in [0.15, 0.2) is 28.4 Å². The van der Waals surface area contributed by atoms with Crippen molar-refractivity contribution in [2.45, 2.75) is 5.88 Å². The van der Waals surface area contributed by atoms with Crippen LogP contribution in [0.3, 0.4) is 0 Å². The summed E-state index contributed by atoms with van der Waals surface area (Å²) in [6.07, 6.45) is 0. The molecule has 2 heterocycles. The van der Waals surface area contributed by atoms with Gasteiger partial charge in [0, 0.05) is 17.0 Å². The molecule has 7 heteroatoms. The summed E-state index contributed by atoms with van der Waals surface area (Å²) >= 11 is 6.87. The molecule has 0 spiro atoms. The molecule has 0 saturated heterocycles. The Balaban J connectivity index is 2.30. The first-order valence-electron chi connectivity index (χ1n) is 5.61. The minimum Gasteiger partial charge on any atom is -0.309 e. The molecule has 0 amide bonds. The van der Waals surface area contributed by atoms with Crippen LogP contribution in [0, 0.1) is 11.6 Å². The van der Waals surface area contributed by atoms with Crippen LogP contribution in [0.5, 0.6) is 0 Å². The fourth-order valence-electron chi connectivity index (χ4n) is 1.98. The highest BCUT2D eigenvalue weighted by molar-refractivity contribution is 7.17. The van der Waals surface area contributed by atoms with E-state index in [1.54, 1.807) is 5.38 Å². The molecule has 0 radical (unpaired) electrons. The fraction of sp³-hybridized carbons (Fsp3) is 0.0769. The van der Waals surface area contributed by atoms with E-state index in [9.17, 15) is 13.6 Å². The highest BCUT2D eigenvalue weighted by Crippen LogP contribution is 2.31. The number of nitrogens with zero attached hydrogens (tertiary/aromatic N) is 1. The molecule has 102 valence electrons. The van der Waals surface area contributed by atoms with Crippen molar-refractivity contribution in [3.8, 4) is 11.1 Å². The van der Waals surface area contributed by atoms with Gasteiger partial charge in [0.1, 0.15) is 22.3 Å². The van der Waals surface area contributed by atoms with Crippen molar-refractivity contribution in [1.29, 1.82) is 0 Å². The summed E-state index contributed by atoms with van der Waals surface area (Å²) < 4.78 is 26.6. The molecule has 2 aromatic heterocycles. The molecular weight excluding hydrogens is 306 g/mol. The van der Waals surface area contributed by atoms with Crippen molar-refractivity contribution >= 4 is 33.2 Å². The summed E-state index contributed by atoms with van der Waals surface area (Å²) in [6.45, 7) is 0. The summed E-state index contributed by atoms with van der Waals surface area (Å²) in [4.78, 5) is 19.3. The number of alkyl halides is 1. The van der Waals surface area contributed by atoms with E-state index >= 15 is 0 Å². The lowest BCUT2D eigenvalue weighted by Gasteiger charge is -2.01. The first kappa shape index (κ1) is 13.2. The van der Waals surface area contributed by atoms with E-state index in [0.29, 0.717) is 27.2 Å². The van der Waals surface area contributed by atoms with Crippen LogP contribution in [0.1, 0.15) is 5.82 Å². The Morgan fingerprint density at radius 3 is 2.60 bits per heavy atom. The predicted octanol–water partition coefficient (Wildman–Crippen LogP) is 3.67. The quantitative estimate of drug-likeness (QED) is 0.734. The van der Waals surface area contributed by atoms with Crippen molar-refractivity contribution in [1.82, 2.24) is 9.97 Å². The number of H-pyrrole nitrogens is 1. The normalized spacial score (nSPS) is 11.2. The highest BCUT2D eigenvalue weighted by atomic mass is 35.5. The summed E-state index contributed by atoms with van der Waals surface area (Å²) in [5, 5.41) is 1.97. The van der Waals surface area contributed by atoms with Crippen LogP contribution in [-0.4, -0.2) is 9.97 Å². The fourth-order valence-corrected chi connectivity index (χ4v) is 3.07. The van der Waals surface area contributed by atoms with Crippen LogP contribution >= 0.6 is 22.9 Å². The smallest absolute Gasteiger partial charge is 0.260 e. The molecule has 3 nitrogen and oxygen atoms in total. The lowest BCUT2D eigenvalue weighted by molar-refractivity contribution is 0.584. The van der Waals surface area contributed by atoms with Crippen molar-refractivity contribution in [3.63, 3.8) is 0 Å². The predicted molar refractivity (Wildman–Crippen MR) is 75.1 cm³/mol. The van der Waals surface area contributed by atoms with E-state index in [2.05, 4.69) is 9.97 Å². The van der Waals surface area contributed by atoms with Crippen molar-refractivity contribution in [3.05, 3.63) is 51.4 Å². The molecule has 0 aliphatic rings. The van der Waals surface area contributed by atoms with Gasteiger partial charge in [0.05, 0.1) is 11.3 Å². The minimum absolute atomic E-state index is 0.0903. The van der Waals surface area contributed by atoms with Crippen molar-refractivity contribution < 1.29 is 8.78 Å². The van der Waals surface area contributed by atoms with Crippen molar-refractivity contribution in [2.24, 2.45) is 0 Å². The summed E-state index contributed by atoms with van der Waals surface area (Å²) in [5.74, 6) is -0.933. The van der Waals surface area contributed by atoms with Crippen LogP contribution in [0.4, 0.5) is 8.78 Å². The standard InChI is InChI=1S/C13H7ClF2N2OS/c14-4-10-17-12(19)11-9(5-20-13(11)18-10)6-1-7(15)3-8(16)2-6/h1-3,5H,4H2,(H,17,18,19). The van der Waals surface area contributed by atoms with Gasteiger partial charge >= 0.3 is 0 Å². The minimum atomic E-state index is -0.693. The number of aromatic nitrogens is 2. The molecule has 0 aliphatic carbocycles. The van der Waals surface area contributed by atoms with E-state index in [0.717, 1.165) is 6.07 Å². The van der Waals surface area contributed by atoms with Gasteiger partial charge in [-0.3, -0.25) is 4.79 Å². The summed E-state index contributed by atoms with van der Waals surface area (Å²) in [6, 6.07) is 3.14. The van der Waals surface area contributed by atoms with E-state index in [4.69, 9.17) is 11.6 Å². The summed E-state index contributed by atoms with van der Waals surface area (Å²) in [7, 11) is 0. The molecule has 3 aromatic rings. The number of hydrogen-bond acceptors (Lipinski definition) is 3. The number of aromatic amines is 1. The molecule has 0 fully saturated rings. The Bertz CT molecular complexity index is 839. The van der Waals surface area contributed by atoms with Gasteiger partial charge in [0.15, 0.2) is 0 Å². The molecule has 0 unspecified atom stereocenters. The first-order chi connectivity index (χ1) is 9.58. The molecule has 20 heavy (non-hydrogen) atoms. The zero-order valence-electron chi connectivity index (χ0n) is 9.91. The first-order valence-corrected chi connectivity index (χ1v) is 7.02. The Morgan fingerprint density at radius 1 is 1.25 bits per heavy atom. The second-order valence-corrected chi connectivity index (χ2v) is 5.26. The van der Waals surface area contributed by atoms with E-state index < -0.39 is 11.6 Å². The number of fused-ring (bicyclic) bond motifs is 1. The molecule has 0 bridgehead atoms. The van der Waals surface area contributed by atoms with Crippen LogP contribution < -0.4 is 5.56 Å². The lowest BCUT2D eigenvalue weighted by atomic mass is 10.1. The van der Waals surface area contributed by atoms with Crippen LogP contribution in [0.25, 0.3) is 21.3 Å². The van der Waals surface area contributed by atoms with Crippen LogP contribution in [0.2, 0.25) is 0 Å². The third kappa shape index (κ3) is 2.21. The van der Waals surface area contributed by atoms with E-state index in [-0.39, 0.29) is 11.4 Å². The third-order valence-electron chi connectivity index (χ3n) is 2.79. The number of rotatable bonds is 2. The van der Waals surface area contributed by atoms with Gasteiger partial charge in [-0.15, -0.1) is 22.9 Å². The maximum absolute atomic E-state index is 13.3. The Labute approximate surface area is 120 Å². The molecule has 1 N–H and O–H groups in total. The summed E-state index contributed by atoms with van der Waals surface area (Å²) in [5.41, 5.74) is 0.393. The molecule has 3 rings (SSSR count). The highest BCUT2D eigenvalue weighted by Gasteiger charge is 2.14.